The van der Waals surface area contributed by atoms with Crippen LogP contribution in [0.25, 0.3) is 10.8 Å². The topological polar surface area (TPSA) is 42.4 Å². The Morgan fingerprint density at radius 2 is 1.89 bits per heavy atom. The van der Waals surface area contributed by atoms with Crippen LogP contribution in [0.15, 0.2) is 54.9 Å². The summed E-state index contributed by atoms with van der Waals surface area (Å²) in [7, 11) is 1.64. The average Bonchev–Trinajstić information content (AvgIpc) is 2.69. The minimum absolute atomic E-state index is 0.00679. The Morgan fingerprint density at radius 1 is 1.15 bits per heavy atom. The van der Waals surface area contributed by atoms with Crippen LogP contribution < -0.4 is 4.74 Å². The zero-order valence-corrected chi connectivity index (χ0v) is 15.8. The van der Waals surface area contributed by atoms with Crippen LogP contribution in [0.3, 0.4) is 0 Å². The Labute approximate surface area is 158 Å². The Bertz CT molecular complexity index is 941. The molecular formula is C22H23FN2O2. The predicted molar refractivity (Wildman–Crippen MR) is 105 cm³/mol. The van der Waals surface area contributed by atoms with E-state index >= 15 is 0 Å². The fourth-order valence-electron chi connectivity index (χ4n) is 3.36. The largest absolute Gasteiger partial charge is 0.497 e. The number of carbonyl (C=O) groups is 1. The van der Waals surface area contributed by atoms with Crippen molar-refractivity contribution in [3.05, 3.63) is 71.8 Å². The third kappa shape index (κ3) is 3.92. The highest BCUT2D eigenvalue weighted by Crippen LogP contribution is 2.23. The maximum atomic E-state index is 14.1. The number of amides is 1. The number of aromatic nitrogens is 1. The van der Waals surface area contributed by atoms with Crippen molar-refractivity contribution in [3.63, 3.8) is 0 Å². The van der Waals surface area contributed by atoms with Crippen molar-refractivity contribution < 1.29 is 13.9 Å². The number of likely N-dealkylation sites (N-methyl/N-ethyl adjacent to an activating group) is 1. The molecule has 0 radical (unpaired) electrons. The summed E-state index contributed by atoms with van der Waals surface area (Å²) in [6, 6.07) is 12.3. The highest BCUT2D eigenvalue weighted by Gasteiger charge is 2.22. The molecule has 0 aliphatic heterocycles. The zero-order valence-electron chi connectivity index (χ0n) is 15.8. The van der Waals surface area contributed by atoms with Gasteiger partial charge < -0.3 is 9.64 Å². The standard InChI is InChI=1S/C22H23FN2O2/c1-4-25(15(2)13-16-5-7-17(27-3)8-6-16)22(26)19-9-10-21(23)18-11-12-24-14-20(18)19/h5-12,14-15H,4,13H2,1-3H3. The van der Waals surface area contributed by atoms with Crippen LogP contribution in [0.4, 0.5) is 4.39 Å². The minimum atomic E-state index is -0.349. The molecule has 0 spiro atoms. The minimum Gasteiger partial charge on any atom is -0.497 e. The monoisotopic (exact) mass is 366 g/mol. The van der Waals surface area contributed by atoms with Gasteiger partial charge in [-0.1, -0.05) is 12.1 Å². The second-order valence-electron chi connectivity index (χ2n) is 6.51. The van der Waals surface area contributed by atoms with Gasteiger partial charge in [0.25, 0.3) is 5.91 Å². The number of rotatable bonds is 6. The second kappa shape index (κ2) is 8.16. The van der Waals surface area contributed by atoms with Gasteiger partial charge in [-0.15, -0.1) is 0 Å². The normalized spacial score (nSPS) is 12.0. The number of halogens is 1. The number of pyridine rings is 1. The van der Waals surface area contributed by atoms with Crippen molar-refractivity contribution in [2.45, 2.75) is 26.3 Å². The van der Waals surface area contributed by atoms with Gasteiger partial charge in [0.15, 0.2) is 0 Å². The molecule has 3 rings (SSSR count). The van der Waals surface area contributed by atoms with E-state index in [4.69, 9.17) is 4.74 Å². The average molecular weight is 366 g/mol. The number of nitrogens with zero attached hydrogens (tertiary/aromatic N) is 2. The maximum Gasteiger partial charge on any atom is 0.254 e. The lowest BCUT2D eigenvalue weighted by atomic mass is 10.0. The number of benzene rings is 2. The van der Waals surface area contributed by atoms with Crippen molar-refractivity contribution in [2.75, 3.05) is 13.7 Å². The van der Waals surface area contributed by atoms with E-state index in [1.807, 2.05) is 43.0 Å². The molecule has 5 heteroatoms. The summed E-state index contributed by atoms with van der Waals surface area (Å²) in [5, 5.41) is 0.951. The summed E-state index contributed by atoms with van der Waals surface area (Å²) in [4.78, 5) is 19.1. The Morgan fingerprint density at radius 3 is 2.56 bits per heavy atom. The number of fused-ring (bicyclic) bond motifs is 1. The summed E-state index contributed by atoms with van der Waals surface area (Å²) in [5.74, 6) is 0.343. The molecule has 1 atom stereocenters. The first-order valence-electron chi connectivity index (χ1n) is 9.01. The number of ether oxygens (including phenoxy) is 1. The number of hydrogen-bond donors (Lipinski definition) is 0. The first-order valence-corrected chi connectivity index (χ1v) is 9.01. The lowest BCUT2D eigenvalue weighted by molar-refractivity contribution is 0.0705. The van der Waals surface area contributed by atoms with Gasteiger partial charge in [-0.2, -0.15) is 0 Å². The van der Waals surface area contributed by atoms with E-state index in [1.54, 1.807) is 25.4 Å². The van der Waals surface area contributed by atoms with Gasteiger partial charge in [0.05, 0.1) is 7.11 Å². The fourth-order valence-corrected chi connectivity index (χ4v) is 3.36. The van der Waals surface area contributed by atoms with Crippen LogP contribution in [-0.4, -0.2) is 35.5 Å². The summed E-state index contributed by atoms with van der Waals surface area (Å²) in [6.07, 6.45) is 3.80. The SMILES string of the molecule is CCN(C(=O)c1ccc(F)c2ccncc12)C(C)Cc1ccc(OC)cc1. The van der Waals surface area contributed by atoms with Gasteiger partial charge in [-0.25, -0.2) is 4.39 Å². The van der Waals surface area contributed by atoms with E-state index in [0.29, 0.717) is 22.9 Å². The molecule has 4 nitrogen and oxygen atoms in total. The highest BCUT2D eigenvalue weighted by atomic mass is 19.1. The van der Waals surface area contributed by atoms with Crippen molar-refractivity contribution in [1.82, 2.24) is 9.88 Å². The zero-order chi connectivity index (χ0) is 19.4. The van der Waals surface area contributed by atoms with E-state index in [0.717, 1.165) is 17.7 Å². The molecule has 140 valence electrons. The molecule has 0 aliphatic rings. The van der Waals surface area contributed by atoms with Gasteiger partial charge in [-0.05, 0) is 56.2 Å². The van der Waals surface area contributed by atoms with E-state index in [-0.39, 0.29) is 17.8 Å². The maximum absolute atomic E-state index is 14.1. The first-order chi connectivity index (χ1) is 13.0. The van der Waals surface area contributed by atoms with Gasteiger partial charge in [0.2, 0.25) is 0 Å². The van der Waals surface area contributed by atoms with Crippen LogP contribution in [0.2, 0.25) is 0 Å². The van der Waals surface area contributed by atoms with E-state index in [1.165, 1.54) is 12.3 Å². The lowest BCUT2D eigenvalue weighted by Crippen LogP contribution is -2.39. The van der Waals surface area contributed by atoms with E-state index < -0.39 is 0 Å². The molecule has 27 heavy (non-hydrogen) atoms. The van der Waals surface area contributed by atoms with Gasteiger partial charge in [0.1, 0.15) is 11.6 Å². The molecule has 2 aromatic carbocycles. The highest BCUT2D eigenvalue weighted by molar-refractivity contribution is 6.07. The number of methoxy groups -OCH3 is 1. The molecule has 0 saturated carbocycles. The van der Waals surface area contributed by atoms with Crippen molar-refractivity contribution >= 4 is 16.7 Å². The van der Waals surface area contributed by atoms with E-state index in [9.17, 15) is 9.18 Å². The molecule has 0 aliphatic carbocycles. The summed E-state index contributed by atoms with van der Waals surface area (Å²) < 4.78 is 19.2. The fraction of sp³-hybridized carbons (Fsp3) is 0.273. The molecule has 0 bridgehead atoms. The van der Waals surface area contributed by atoms with Gasteiger partial charge in [0, 0.05) is 41.3 Å². The summed E-state index contributed by atoms with van der Waals surface area (Å²) in [5.41, 5.74) is 1.60. The predicted octanol–water partition coefficient (Wildman–Crippen LogP) is 4.48. The van der Waals surface area contributed by atoms with Crippen molar-refractivity contribution in [2.24, 2.45) is 0 Å². The Kier molecular flexibility index (Phi) is 5.69. The van der Waals surface area contributed by atoms with Crippen LogP contribution in [0.1, 0.15) is 29.8 Å². The van der Waals surface area contributed by atoms with Crippen molar-refractivity contribution in [3.8, 4) is 5.75 Å². The summed E-state index contributed by atoms with van der Waals surface area (Å²) in [6.45, 7) is 4.54. The smallest absolute Gasteiger partial charge is 0.254 e. The van der Waals surface area contributed by atoms with Crippen LogP contribution >= 0.6 is 0 Å². The molecule has 1 amide bonds. The molecule has 0 N–H and O–H groups in total. The molecule has 1 heterocycles. The molecule has 0 fully saturated rings. The van der Waals surface area contributed by atoms with Crippen molar-refractivity contribution in [1.29, 1.82) is 0 Å². The van der Waals surface area contributed by atoms with Crippen LogP contribution in [0, 0.1) is 5.82 Å². The van der Waals surface area contributed by atoms with Crippen LogP contribution in [0.5, 0.6) is 5.75 Å². The summed E-state index contributed by atoms with van der Waals surface area (Å²) >= 11 is 0. The Balaban J connectivity index is 1.86. The number of carbonyl (C=O) groups excluding carboxylic acids is 1. The molecule has 0 saturated heterocycles. The quantitative estimate of drug-likeness (QED) is 0.646. The molecule has 3 aromatic rings. The first kappa shape index (κ1) is 18.8. The molecule has 1 unspecified atom stereocenters. The van der Waals surface area contributed by atoms with E-state index in [2.05, 4.69) is 4.98 Å². The third-order valence-corrected chi connectivity index (χ3v) is 4.82. The van der Waals surface area contributed by atoms with Gasteiger partial charge in [-0.3, -0.25) is 9.78 Å². The van der Waals surface area contributed by atoms with Crippen LogP contribution in [-0.2, 0) is 6.42 Å². The second-order valence-corrected chi connectivity index (χ2v) is 6.51. The molecular weight excluding hydrogens is 343 g/mol. The molecule has 1 aromatic heterocycles. The lowest BCUT2D eigenvalue weighted by Gasteiger charge is -2.29. The number of hydrogen-bond acceptors (Lipinski definition) is 3. The van der Waals surface area contributed by atoms with Gasteiger partial charge >= 0.3 is 0 Å². The third-order valence-electron chi connectivity index (χ3n) is 4.82. The Hall–Kier alpha value is -2.95.